The van der Waals surface area contributed by atoms with Gasteiger partial charge >= 0.3 is 0 Å². The van der Waals surface area contributed by atoms with Crippen LogP contribution in [0.4, 0.5) is 0 Å². The molecular formula is C14H19ClN2O3. The van der Waals surface area contributed by atoms with Crippen LogP contribution in [0.1, 0.15) is 18.4 Å². The topological polar surface area (TPSA) is 59.6 Å². The summed E-state index contributed by atoms with van der Waals surface area (Å²) in [5, 5.41) is 6.40. The Morgan fingerprint density at radius 1 is 1.35 bits per heavy atom. The molecule has 0 radical (unpaired) electrons. The van der Waals surface area contributed by atoms with E-state index in [9.17, 15) is 4.79 Å². The Morgan fingerprint density at radius 2 is 2.15 bits per heavy atom. The summed E-state index contributed by atoms with van der Waals surface area (Å²) in [5.41, 5.74) is 0.904. The number of benzene rings is 1. The number of hydrogen-bond donors (Lipinski definition) is 2. The minimum atomic E-state index is 0.0336. The summed E-state index contributed by atoms with van der Waals surface area (Å²) >= 11 is 6.14. The van der Waals surface area contributed by atoms with E-state index in [0.29, 0.717) is 42.7 Å². The Morgan fingerprint density at radius 3 is 2.95 bits per heavy atom. The number of carbonyl (C=O) groups excluding carboxylic acids is 1. The van der Waals surface area contributed by atoms with Gasteiger partial charge in [0, 0.05) is 13.0 Å². The molecule has 1 amide bonds. The highest BCUT2D eigenvalue weighted by Gasteiger charge is 2.16. The molecule has 0 bridgehead atoms. The molecule has 0 saturated carbocycles. The molecule has 0 aliphatic carbocycles. The second-order valence-electron chi connectivity index (χ2n) is 4.59. The lowest BCUT2D eigenvalue weighted by Gasteiger charge is -2.20. The molecule has 2 N–H and O–H groups in total. The van der Waals surface area contributed by atoms with Crippen LogP contribution < -0.4 is 20.1 Å². The first-order valence-electron chi connectivity index (χ1n) is 6.70. The summed E-state index contributed by atoms with van der Waals surface area (Å²) in [5.74, 6) is 1.26. The van der Waals surface area contributed by atoms with E-state index in [1.54, 1.807) is 6.07 Å². The molecule has 0 atom stereocenters. The second-order valence-corrected chi connectivity index (χ2v) is 4.99. The zero-order valence-electron chi connectivity index (χ0n) is 11.5. The highest BCUT2D eigenvalue weighted by molar-refractivity contribution is 6.32. The third-order valence-corrected chi connectivity index (χ3v) is 3.26. The Hall–Kier alpha value is -1.46. The average Bonchev–Trinajstić information content (AvgIpc) is 2.45. The first kappa shape index (κ1) is 14.9. The van der Waals surface area contributed by atoms with Crippen molar-refractivity contribution in [2.75, 3.05) is 26.8 Å². The molecule has 0 fully saturated rings. The van der Waals surface area contributed by atoms with E-state index in [1.165, 1.54) is 0 Å². The van der Waals surface area contributed by atoms with Gasteiger partial charge in [0.05, 0.1) is 5.02 Å². The van der Waals surface area contributed by atoms with Crippen LogP contribution in [-0.4, -0.2) is 32.7 Å². The standard InChI is InChI=1S/C14H19ClN2O3/c1-16-4-2-3-13(18)17-9-10-7-11(15)14-12(8-10)19-5-6-20-14/h7-8,16H,2-6,9H2,1H3,(H,17,18). The molecular weight excluding hydrogens is 280 g/mol. The summed E-state index contributed by atoms with van der Waals surface area (Å²) < 4.78 is 10.9. The monoisotopic (exact) mass is 298 g/mol. The molecule has 2 rings (SSSR count). The summed E-state index contributed by atoms with van der Waals surface area (Å²) in [6.45, 7) is 2.30. The van der Waals surface area contributed by atoms with Crippen LogP contribution in [0.25, 0.3) is 0 Å². The van der Waals surface area contributed by atoms with Crippen molar-refractivity contribution in [3.05, 3.63) is 22.7 Å². The van der Waals surface area contributed by atoms with Crippen molar-refractivity contribution in [2.24, 2.45) is 0 Å². The van der Waals surface area contributed by atoms with Crippen LogP contribution in [0.5, 0.6) is 11.5 Å². The number of hydrogen-bond acceptors (Lipinski definition) is 4. The smallest absolute Gasteiger partial charge is 0.220 e. The Bertz CT molecular complexity index is 480. The maximum absolute atomic E-state index is 11.6. The molecule has 110 valence electrons. The van der Waals surface area contributed by atoms with Gasteiger partial charge in [0.25, 0.3) is 0 Å². The van der Waals surface area contributed by atoms with Gasteiger partial charge in [0.15, 0.2) is 11.5 Å². The molecule has 1 aliphatic heterocycles. The van der Waals surface area contributed by atoms with Crippen LogP contribution >= 0.6 is 11.6 Å². The Labute approximate surface area is 123 Å². The van der Waals surface area contributed by atoms with Gasteiger partial charge in [-0.25, -0.2) is 0 Å². The van der Waals surface area contributed by atoms with E-state index < -0.39 is 0 Å². The number of fused-ring (bicyclic) bond motifs is 1. The molecule has 1 aromatic rings. The molecule has 5 nitrogen and oxygen atoms in total. The normalized spacial score (nSPS) is 13.1. The van der Waals surface area contributed by atoms with Gasteiger partial charge in [-0.05, 0) is 37.7 Å². The second kappa shape index (κ2) is 7.36. The molecule has 0 unspecified atom stereocenters. The fourth-order valence-corrected chi connectivity index (χ4v) is 2.27. The van der Waals surface area contributed by atoms with E-state index >= 15 is 0 Å². The van der Waals surface area contributed by atoms with Crippen molar-refractivity contribution >= 4 is 17.5 Å². The SMILES string of the molecule is CNCCCC(=O)NCc1cc(Cl)c2c(c1)OCCO2. The maximum Gasteiger partial charge on any atom is 0.220 e. The van der Waals surface area contributed by atoms with E-state index in [1.807, 2.05) is 13.1 Å². The van der Waals surface area contributed by atoms with Crippen LogP contribution in [0.3, 0.4) is 0 Å². The van der Waals surface area contributed by atoms with Crippen molar-refractivity contribution in [1.82, 2.24) is 10.6 Å². The summed E-state index contributed by atoms with van der Waals surface area (Å²) in [4.78, 5) is 11.6. The van der Waals surface area contributed by atoms with Gasteiger partial charge < -0.3 is 20.1 Å². The van der Waals surface area contributed by atoms with Crippen molar-refractivity contribution < 1.29 is 14.3 Å². The van der Waals surface area contributed by atoms with Crippen molar-refractivity contribution in [3.8, 4) is 11.5 Å². The number of ether oxygens (including phenoxy) is 2. The van der Waals surface area contributed by atoms with Crippen molar-refractivity contribution in [3.63, 3.8) is 0 Å². The Balaban J connectivity index is 1.90. The lowest BCUT2D eigenvalue weighted by Crippen LogP contribution is -2.24. The molecule has 1 heterocycles. The number of nitrogens with one attached hydrogen (secondary N) is 2. The van der Waals surface area contributed by atoms with Gasteiger partial charge in [-0.3, -0.25) is 4.79 Å². The molecule has 1 aliphatic rings. The molecule has 6 heteroatoms. The third kappa shape index (κ3) is 4.02. The predicted molar refractivity (Wildman–Crippen MR) is 77.4 cm³/mol. The number of amides is 1. The molecule has 1 aromatic carbocycles. The summed E-state index contributed by atoms with van der Waals surface area (Å²) in [6.07, 6.45) is 1.34. The largest absolute Gasteiger partial charge is 0.486 e. The quantitative estimate of drug-likeness (QED) is 0.785. The van der Waals surface area contributed by atoms with E-state index in [-0.39, 0.29) is 5.91 Å². The van der Waals surface area contributed by atoms with Gasteiger partial charge in [0.1, 0.15) is 13.2 Å². The molecule has 0 spiro atoms. The van der Waals surface area contributed by atoms with E-state index in [0.717, 1.165) is 18.5 Å². The van der Waals surface area contributed by atoms with E-state index in [4.69, 9.17) is 21.1 Å². The summed E-state index contributed by atoms with van der Waals surface area (Å²) in [7, 11) is 1.87. The summed E-state index contributed by atoms with van der Waals surface area (Å²) in [6, 6.07) is 3.65. The zero-order valence-corrected chi connectivity index (χ0v) is 12.3. The number of halogens is 1. The number of carbonyl (C=O) groups is 1. The third-order valence-electron chi connectivity index (χ3n) is 2.98. The van der Waals surface area contributed by atoms with Crippen molar-refractivity contribution in [2.45, 2.75) is 19.4 Å². The van der Waals surface area contributed by atoms with Gasteiger partial charge in [-0.15, -0.1) is 0 Å². The Kier molecular flexibility index (Phi) is 5.49. The van der Waals surface area contributed by atoms with Gasteiger partial charge in [-0.1, -0.05) is 11.6 Å². The lowest BCUT2D eigenvalue weighted by molar-refractivity contribution is -0.121. The van der Waals surface area contributed by atoms with Crippen LogP contribution in [-0.2, 0) is 11.3 Å². The first-order chi connectivity index (χ1) is 9.70. The van der Waals surface area contributed by atoms with Gasteiger partial charge in [-0.2, -0.15) is 0 Å². The van der Waals surface area contributed by atoms with Crippen LogP contribution in [0.2, 0.25) is 5.02 Å². The molecule has 0 saturated heterocycles. The lowest BCUT2D eigenvalue weighted by atomic mass is 10.2. The highest BCUT2D eigenvalue weighted by Crippen LogP contribution is 2.38. The minimum absolute atomic E-state index is 0.0336. The fourth-order valence-electron chi connectivity index (χ4n) is 1.98. The van der Waals surface area contributed by atoms with Crippen LogP contribution in [0, 0.1) is 0 Å². The first-order valence-corrected chi connectivity index (χ1v) is 7.08. The molecule has 0 aromatic heterocycles. The van der Waals surface area contributed by atoms with Crippen LogP contribution in [0.15, 0.2) is 12.1 Å². The maximum atomic E-state index is 11.6. The highest BCUT2D eigenvalue weighted by atomic mass is 35.5. The average molecular weight is 299 g/mol. The predicted octanol–water partition coefficient (Wildman–Crippen LogP) is 1.73. The fraction of sp³-hybridized carbons (Fsp3) is 0.500. The number of rotatable bonds is 6. The van der Waals surface area contributed by atoms with Gasteiger partial charge in [0.2, 0.25) is 5.91 Å². The van der Waals surface area contributed by atoms with E-state index in [2.05, 4.69) is 10.6 Å². The van der Waals surface area contributed by atoms with Crippen molar-refractivity contribution in [1.29, 1.82) is 0 Å². The minimum Gasteiger partial charge on any atom is -0.486 e. The zero-order chi connectivity index (χ0) is 14.4. The molecule has 20 heavy (non-hydrogen) atoms.